The highest BCUT2D eigenvalue weighted by molar-refractivity contribution is 8.00. The van der Waals surface area contributed by atoms with Crippen LogP contribution < -0.4 is 5.73 Å². The van der Waals surface area contributed by atoms with Gasteiger partial charge in [-0.2, -0.15) is 9.97 Å². The molecule has 102 valence electrons. The Kier molecular flexibility index (Phi) is 3.48. The number of rotatable bonds is 2. The molecule has 0 aromatic carbocycles. The molecule has 7 nitrogen and oxygen atoms in total. The Morgan fingerprint density at radius 1 is 1.58 bits per heavy atom. The van der Waals surface area contributed by atoms with Crippen LogP contribution >= 0.6 is 23.4 Å². The summed E-state index contributed by atoms with van der Waals surface area (Å²) < 4.78 is 7.50. The van der Waals surface area contributed by atoms with Gasteiger partial charge in [0.15, 0.2) is 10.8 Å². The summed E-state index contributed by atoms with van der Waals surface area (Å²) in [6.45, 7) is 0.600. The second kappa shape index (κ2) is 5.12. The topological polar surface area (TPSA) is 99.1 Å². The number of hydrogen-bond acceptors (Lipinski definition) is 7. The lowest BCUT2D eigenvalue weighted by atomic mass is 10.4. The number of thioether (sulfide) groups is 1. The Hall–Kier alpha value is -1.09. The van der Waals surface area contributed by atoms with Gasteiger partial charge in [-0.05, 0) is 0 Å². The molecule has 1 aliphatic rings. The number of ether oxygens (including phenoxy) is 1. The minimum absolute atomic E-state index is 0.107. The molecule has 0 spiro atoms. The zero-order valence-corrected chi connectivity index (χ0v) is 11.4. The Balaban J connectivity index is 1.93. The van der Waals surface area contributed by atoms with Crippen LogP contribution in [0.3, 0.4) is 0 Å². The van der Waals surface area contributed by atoms with E-state index >= 15 is 0 Å². The number of aromatic nitrogens is 4. The minimum atomic E-state index is -0.192. The largest absolute Gasteiger partial charge is 0.395 e. The summed E-state index contributed by atoms with van der Waals surface area (Å²) in [5, 5.41) is 9.43. The first kappa shape index (κ1) is 12.9. The van der Waals surface area contributed by atoms with Crippen molar-refractivity contribution in [3.8, 4) is 0 Å². The smallest absolute Gasteiger partial charge is 0.223 e. The van der Waals surface area contributed by atoms with Crippen molar-refractivity contribution < 1.29 is 9.84 Å². The van der Waals surface area contributed by atoms with Crippen molar-refractivity contribution in [3.05, 3.63) is 11.5 Å². The molecular formula is C10H12ClN5O2S. The van der Waals surface area contributed by atoms with Gasteiger partial charge in [0.2, 0.25) is 5.95 Å². The quantitative estimate of drug-likeness (QED) is 0.787. The van der Waals surface area contributed by atoms with Crippen molar-refractivity contribution in [3.63, 3.8) is 0 Å². The van der Waals surface area contributed by atoms with E-state index in [0.717, 1.165) is 0 Å². The van der Waals surface area contributed by atoms with Gasteiger partial charge < -0.3 is 15.6 Å². The fraction of sp³-hybridized carbons (Fsp3) is 0.500. The van der Waals surface area contributed by atoms with Crippen molar-refractivity contribution in [1.29, 1.82) is 0 Å². The van der Waals surface area contributed by atoms with Gasteiger partial charge >= 0.3 is 0 Å². The molecule has 0 radical (unpaired) electrons. The predicted molar refractivity (Wildman–Crippen MR) is 73.1 cm³/mol. The van der Waals surface area contributed by atoms with Gasteiger partial charge in [-0.1, -0.05) is 11.6 Å². The maximum atomic E-state index is 9.08. The van der Waals surface area contributed by atoms with Crippen LogP contribution in [0.2, 0.25) is 5.15 Å². The molecule has 19 heavy (non-hydrogen) atoms. The average Bonchev–Trinajstić information content (AvgIpc) is 2.83. The molecule has 2 aromatic heterocycles. The van der Waals surface area contributed by atoms with Crippen LogP contribution in [0.5, 0.6) is 0 Å². The second-order valence-corrected chi connectivity index (χ2v) is 5.81. The third kappa shape index (κ3) is 2.36. The lowest BCUT2D eigenvalue weighted by Gasteiger charge is -2.28. The third-order valence-corrected chi connectivity index (χ3v) is 4.36. The summed E-state index contributed by atoms with van der Waals surface area (Å²) >= 11 is 7.63. The van der Waals surface area contributed by atoms with Crippen LogP contribution in [-0.4, -0.2) is 48.8 Å². The van der Waals surface area contributed by atoms with E-state index in [1.807, 2.05) is 0 Å². The van der Waals surface area contributed by atoms with E-state index in [9.17, 15) is 0 Å². The first-order valence-electron chi connectivity index (χ1n) is 5.68. The number of imidazole rings is 1. The van der Waals surface area contributed by atoms with Crippen molar-refractivity contribution in [2.75, 3.05) is 24.7 Å². The molecule has 0 aliphatic carbocycles. The summed E-state index contributed by atoms with van der Waals surface area (Å²) in [6.07, 6.45) is 1.43. The summed E-state index contributed by atoms with van der Waals surface area (Å²) in [5.74, 6) is 0.814. The molecule has 0 bridgehead atoms. The predicted octanol–water partition coefficient (Wildman–Crippen LogP) is 0.685. The molecule has 1 aliphatic heterocycles. The van der Waals surface area contributed by atoms with E-state index in [4.69, 9.17) is 27.2 Å². The van der Waals surface area contributed by atoms with Crippen LogP contribution in [0.1, 0.15) is 6.23 Å². The van der Waals surface area contributed by atoms with E-state index in [-0.39, 0.29) is 29.2 Å². The molecule has 3 heterocycles. The van der Waals surface area contributed by atoms with E-state index in [2.05, 4.69) is 15.0 Å². The molecule has 2 atom stereocenters. The van der Waals surface area contributed by atoms with Gasteiger partial charge in [0, 0.05) is 5.75 Å². The number of fused-ring (bicyclic) bond motifs is 1. The molecule has 3 N–H and O–H groups in total. The maximum absolute atomic E-state index is 9.08. The van der Waals surface area contributed by atoms with Gasteiger partial charge in [0.25, 0.3) is 0 Å². The lowest BCUT2D eigenvalue weighted by Crippen LogP contribution is -2.29. The number of nitrogens with zero attached hydrogens (tertiary/aromatic N) is 4. The van der Waals surface area contributed by atoms with Crippen molar-refractivity contribution in [2.45, 2.75) is 11.5 Å². The Morgan fingerprint density at radius 3 is 3.11 bits per heavy atom. The summed E-state index contributed by atoms with van der Waals surface area (Å²) in [6, 6.07) is 0. The highest BCUT2D eigenvalue weighted by atomic mass is 35.5. The molecule has 3 rings (SSSR count). The number of anilines is 1. The van der Waals surface area contributed by atoms with E-state index in [0.29, 0.717) is 23.5 Å². The van der Waals surface area contributed by atoms with Gasteiger partial charge in [-0.3, -0.25) is 4.57 Å². The highest BCUT2D eigenvalue weighted by Gasteiger charge is 2.25. The van der Waals surface area contributed by atoms with Crippen LogP contribution in [-0.2, 0) is 4.74 Å². The molecule has 2 aromatic rings. The number of hydrogen-bond donors (Lipinski definition) is 2. The van der Waals surface area contributed by atoms with E-state index in [1.165, 1.54) is 0 Å². The summed E-state index contributed by atoms with van der Waals surface area (Å²) in [4.78, 5) is 12.2. The van der Waals surface area contributed by atoms with E-state index < -0.39 is 0 Å². The molecule has 1 saturated heterocycles. The molecule has 0 saturated carbocycles. The second-order valence-electron chi connectivity index (χ2n) is 4.12. The SMILES string of the molecule is Nc1nc(Cl)c2ncn(C3CSC(CO)CO3)c2n1. The first-order valence-corrected chi connectivity index (χ1v) is 7.11. The molecular weight excluding hydrogens is 290 g/mol. The summed E-state index contributed by atoms with van der Waals surface area (Å²) in [5.41, 5.74) is 6.67. The van der Waals surface area contributed by atoms with Crippen LogP contribution in [0.15, 0.2) is 6.33 Å². The van der Waals surface area contributed by atoms with Gasteiger partial charge in [0.05, 0.1) is 24.8 Å². The third-order valence-electron chi connectivity index (χ3n) is 2.86. The van der Waals surface area contributed by atoms with Gasteiger partial charge in [-0.15, -0.1) is 11.8 Å². The molecule has 1 fully saturated rings. The van der Waals surface area contributed by atoms with Crippen molar-refractivity contribution >= 4 is 40.5 Å². The lowest BCUT2D eigenvalue weighted by molar-refractivity contribution is 0.0101. The molecule has 9 heteroatoms. The normalized spacial score (nSPS) is 23.9. The highest BCUT2D eigenvalue weighted by Crippen LogP contribution is 2.29. The van der Waals surface area contributed by atoms with Crippen molar-refractivity contribution in [2.24, 2.45) is 0 Å². The van der Waals surface area contributed by atoms with Crippen LogP contribution in [0.4, 0.5) is 5.95 Å². The number of halogens is 1. The Morgan fingerprint density at radius 2 is 2.42 bits per heavy atom. The molecule has 2 unspecified atom stereocenters. The Bertz CT molecular complexity index is 599. The number of aliphatic hydroxyl groups is 1. The minimum Gasteiger partial charge on any atom is -0.395 e. The first-order chi connectivity index (χ1) is 9.19. The fourth-order valence-corrected chi connectivity index (χ4v) is 3.10. The zero-order valence-electron chi connectivity index (χ0n) is 9.86. The van der Waals surface area contributed by atoms with Crippen molar-refractivity contribution in [1.82, 2.24) is 19.5 Å². The standard InChI is InChI=1S/C10H12ClN5O2S/c11-8-7-9(15-10(12)14-8)16(4-13-7)6-3-19-5(1-17)2-18-6/h4-6,17H,1-3H2,(H2,12,14,15). The van der Waals surface area contributed by atoms with E-state index in [1.54, 1.807) is 22.7 Å². The average molecular weight is 302 g/mol. The Labute approximate surface area is 118 Å². The van der Waals surface area contributed by atoms with Crippen LogP contribution in [0, 0.1) is 0 Å². The van der Waals surface area contributed by atoms with Gasteiger partial charge in [-0.25, -0.2) is 4.98 Å². The molecule has 0 amide bonds. The zero-order chi connectivity index (χ0) is 13.4. The monoisotopic (exact) mass is 301 g/mol. The fourth-order valence-electron chi connectivity index (χ4n) is 1.91. The number of aliphatic hydroxyl groups excluding tert-OH is 1. The number of nitrogens with two attached hydrogens (primary N) is 1. The maximum Gasteiger partial charge on any atom is 0.223 e. The number of nitrogen functional groups attached to an aromatic ring is 1. The van der Waals surface area contributed by atoms with Crippen LogP contribution in [0.25, 0.3) is 11.2 Å². The van der Waals surface area contributed by atoms with Gasteiger partial charge in [0.1, 0.15) is 11.7 Å². The summed E-state index contributed by atoms with van der Waals surface area (Å²) in [7, 11) is 0.